The summed E-state index contributed by atoms with van der Waals surface area (Å²) in [5.74, 6) is -1.07. The smallest absolute Gasteiger partial charge is 0.299 e. The van der Waals surface area contributed by atoms with Crippen LogP contribution >= 0.6 is 11.6 Å². The molecule has 1 aliphatic rings. The van der Waals surface area contributed by atoms with Crippen LogP contribution in [0.25, 0.3) is 11.1 Å². The molecule has 0 radical (unpaired) electrons. The Labute approximate surface area is 154 Å². The molecule has 1 fully saturated rings. The van der Waals surface area contributed by atoms with Crippen LogP contribution in [0.15, 0.2) is 36.4 Å². The lowest BCUT2D eigenvalue weighted by atomic mass is 9.87. The molecule has 2 aromatic rings. The Morgan fingerprint density at radius 1 is 1.00 bits per heavy atom. The Hall–Kier alpha value is -2.14. The summed E-state index contributed by atoms with van der Waals surface area (Å²) in [5.41, 5.74) is 1.40. The summed E-state index contributed by atoms with van der Waals surface area (Å²) < 4.78 is 39.4. The van der Waals surface area contributed by atoms with E-state index in [-0.39, 0.29) is 29.4 Å². The molecule has 136 valence electrons. The molecular formula is C20H16ClF3O2. The highest BCUT2D eigenvalue weighted by Crippen LogP contribution is 2.38. The van der Waals surface area contributed by atoms with E-state index < -0.39 is 17.7 Å². The van der Waals surface area contributed by atoms with Gasteiger partial charge in [0.2, 0.25) is 0 Å². The van der Waals surface area contributed by atoms with Gasteiger partial charge in [0.1, 0.15) is 17.5 Å². The number of halogens is 4. The largest absolute Gasteiger partial charge is 0.417 e. The molecule has 3 rings (SSSR count). The van der Waals surface area contributed by atoms with Gasteiger partial charge in [-0.05, 0) is 46.9 Å². The van der Waals surface area contributed by atoms with Crippen LogP contribution in [0.1, 0.15) is 42.4 Å². The number of carbonyl (C=O) groups is 2. The minimum atomic E-state index is -4.56. The number of hydrogen-bond acceptors (Lipinski definition) is 2. The van der Waals surface area contributed by atoms with E-state index in [2.05, 4.69) is 0 Å². The van der Waals surface area contributed by atoms with E-state index in [0.29, 0.717) is 23.1 Å². The second kappa shape index (κ2) is 6.88. The number of carbonyl (C=O) groups excluding carboxylic acids is 2. The van der Waals surface area contributed by atoms with Gasteiger partial charge in [0.05, 0.1) is 10.6 Å². The van der Waals surface area contributed by atoms with Gasteiger partial charge in [0.15, 0.2) is 0 Å². The van der Waals surface area contributed by atoms with Gasteiger partial charge in [-0.3, -0.25) is 9.59 Å². The molecule has 0 N–H and O–H groups in total. The van der Waals surface area contributed by atoms with Crippen molar-refractivity contribution in [2.24, 2.45) is 0 Å². The van der Waals surface area contributed by atoms with Crippen LogP contribution in [0.2, 0.25) is 5.02 Å². The standard InChI is InChI=1S/C20H16ClF3O2/c1-2-11-3-4-12(9-14(11)19-17(25)7-8-18(19)26)13-5-6-16(21)15(10-13)20(22,23)24/h3-6,9-10,19H,2,7-8H2,1H3. The van der Waals surface area contributed by atoms with Gasteiger partial charge in [0.25, 0.3) is 0 Å². The van der Waals surface area contributed by atoms with Crippen LogP contribution in [-0.4, -0.2) is 11.6 Å². The Balaban J connectivity index is 2.12. The fraction of sp³-hybridized carbons (Fsp3) is 0.300. The van der Waals surface area contributed by atoms with Crippen molar-refractivity contribution in [3.8, 4) is 11.1 Å². The predicted molar refractivity (Wildman–Crippen MR) is 93.3 cm³/mol. The highest BCUT2D eigenvalue weighted by Gasteiger charge is 2.36. The van der Waals surface area contributed by atoms with E-state index in [9.17, 15) is 22.8 Å². The molecule has 0 saturated heterocycles. The van der Waals surface area contributed by atoms with Gasteiger partial charge in [0, 0.05) is 12.8 Å². The Morgan fingerprint density at radius 3 is 2.15 bits per heavy atom. The van der Waals surface area contributed by atoms with Crippen molar-refractivity contribution < 1.29 is 22.8 Å². The van der Waals surface area contributed by atoms with Crippen molar-refractivity contribution in [2.75, 3.05) is 0 Å². The first-order valence-electron chi connectivity index (χ1n) is 8.27. The molecule has 0 heterocycles. The molecule has 26 heavy (non-hydrogen) atoms. The number of Topliss-reactive ketones (excluding diaryl/α,β-unsaturated/α-hetero) is 2. The molecule has 0 amide bonds. The first-order chi connectivity index (χ1) is 12.2. The van der Waals surface area contributed by atoms with Crippen LogP contribution in [0, 0.1) is 0 Å². The van der Waals surface area contributed by atoms with E-state index in [0.717, 1.165) is 11.6 Å². The fourth-order valence-corrected chi connectivity index (χ4v) is 3.57. The van der Waals surface area contributed by atoms with Gasteiger partial charge in [-0.1, -0.05) is 36.7 Å². The molecule has 0 aromatic heterocycles. The van der Waals surface area contributed by atoms with Crippen LogP contribution in [-0.2, 0) is 22.2 Å². The van der Waals surface area contributed by atoms with Crippen molar-refractivity contribution in [2.45, 2.75) is 38.3 Å². The minimum absolute atomic E-state index is 0.131. The molecular weight excluding hydrogens is 365 g/mol. The Kier molecular flexibility index (Phi) is 4.93. The third-order valence-electron chi connectivity index (χ3n) is 4.70. The molecule has 0 unspecified atom stereocenters. The predicted octanol–water partition coefficient (Wildman–Crippen LogP) is 5.60. The number of hydrogen-bond donors (Lipinski definition) is 0. The first kappa shape index (κ1) is 18.6. The minimum Gasteiger partial charge on any atom is -0.299 e. The first-order valence-corrected chi connectivity index (χ1v) is 8.65. The lowest BCUT2D eigenvalue weighted by Crippen LogP contribution is -2.14. The number of benzene rings is 2. The average molecular weight is 381 g/mol. The summed E-state index contributed by atoms with van der Waals surface area (Å²) in [5, 5.41) is -0.368. The summed E-state index contributed by atoms with van der Waals surface area (Å²) in [4.78, 5) is 24.3. The zero-order valence-corrected chi connectivity index (χ0v) is 14.7. The highest BCUT2D eigenvalue weighted by atomic mass is 35.5. The number of ketones is 2. The van der Waals surface area contributed by atoms with Crippen LogP contribution in [0.3, 0.4) is 0 Å². The maximum absolute atomic E-state index is 13.1. The second-order valence-electron chi connectivity index (χ2n) is 6.33. The van der Waals surface area contributed by atoms with Crippen molar-refractivity contribution in [3.63, 3.8) is 0 Å². The molecule has 1 saturated carbocycles. The zero-order valence-electron chi connectivity index (χ0n) is 14.0. The van der Waals surface area contributed by atoms with E-state index in [4.69, 9.17) is 11.6 Å². The number of rotatable bonds is 3. The SMILES string of the molecule is CCc1ccc(-c2ccc(Cl)c(C(F)(F)F)c2)cc1C1C(=O)CCC1=O. The van der Waals surface area contributed by atoms with Crippen molar-refractivity contribution in [1.29, 1.82) is 0 Å². The normalized spacial score (nSPS) is 15.7. The Morgan fingerprint density at radius 2 is 1.58 bits per heavy atom. The highest BCUT2D eigenvalue weighted by molar-refractivity contribution is 6.31. The van der Waals surface area contributed by atoms with Crippen molar-refractivity contribution in [3.05, 3.63) is 58.1 Å². The lowest BCUT2D eigenvalue weighted by Gasteiger charge is -2.16. The molecule has 6 heteroatoms. The van der Waals surface area contributed by atoms with Gasteiger partial charge in [-0.15, -0.1) is 0 Å². The maximum Gasteiger partial charge on any atom is 0.417 e. The van der Waals surface area contributed by atoms with E-state index in [1.807, 2.05) is 6.92 Å². The summed E-state index contributed by atoms with van der Waals surface area (Å²) in [6.07, 6.45) is -3.50. The molecule has 0 spiro atoms. The maximum atomic E-state index is 13.1. The molecule has 1 aliphatic carbocycles. The zero-order chi connectivity index (χ0) is 19.1. The molecule has 0 bridgehead atoms. The molecule has 2 nitrogen and oxygen atoms in total. The summed E-state index contributed by atoms with van der Waals surface area (Å²) in [7, 11) is 0. The van der Waals surface area contributed by atoms with E-state index in [1.54, 1.807) is 18.2 Å². The van der Waals surface area contributed by atoms with Gasteiger partial charge < -0.3 is 0 Å². The van der Waals surface area contributed by atoms with Crippen molar-refractivity contribution in [1.82, 2.24) is 0 Å². The monoisotopic (exact) mass is 380 g/mol. The average Bonchev–Trinajstić information content (AvgIpc) is 2.92. The third-order valence-corrected chi connectivity index (χ3v) is 5.03. The van der Waals surface area contributed by atoms with Crippen LogP contribution in [0.5, 0.6) is 0 Å². The topological polar surface area (TPSA) is 34.1 Å². The lowest BCUT2D eigenvalue weighted by molar-refractivity contribution is -0.137. The Bertz CT molecular complexity index is 871. The molecule has 0 aliphatic heterocycles. The summed E-state index contributed by atoms with van der Waals surface area (Å²) in [6, 6.07) is 8.83. The van der Waals surface area contributed by atoms with Crippen LogP contribution < -0.4 is 0 Å². The molecule has 2 aromatic carbocycles. The van der Waals surface area contributed by atoms with Crippen LogP contribution in [0.4, 0.5) is 13.2 Å². The number of alkyl halides is 3. The number of aryl methyl sites for hydroxylation is 1. The second-order valence-corrected chi connectivity index (χ2v) is 6.73. The van der Waals surface area contributed by atoms with Gasteiger partial charge in [-0.2, -0.15) is 13.2 Å². The summed E-state index contributed by atoms with van der Waals surface area (Å²) >= 11 is 5.68. The van der Waals surface area contributed by atoms with E-state index in [1.165, 1.54) is 12.1 Å². The fourth-order valence-electron chi connectivity index (χ4n) is 3.35. The third kappa shape index (κ3) is 3.40. The van der Waals surface area contributed by atoms with Gasteiger partial charge >= 0.3 is 6.18 Å². The van der Waals surface area contributed by atoms with Crippen molar-refractivity contribution >= 4 is 23.2 Å². The van der Waals surface area contributed by atoms with E-state index >= 15 is 0 Å². The van der Waals surface area contributed by atoms with Gasteiger partial charge in [-0.25, -0.2) is 0 Å². The quantitative estimate of drug-likeness (QED) is 0.649. The summed E-state index contributed by atoms with van der Waals surface area (Å²) in [6.45, 7) is 1.91. The molecule has 0 atom stereocenters.